The minimum atomic E-state index is -0.627. The largest absolute Gasteiger partial charge is 0.422 e. The predicted octanol–water partition coefficient (Wildman–Crippen LogP) is -5.57. The third-order valence-corrected chi connectivity index (χ3v) is 16.4. The molecule has 0 aromatic rings. The Morgan fingerprint density at radius 3 is 0.709 bits per heavy atom. The maximum absolute atomic E-state index is 12.8. The van der Waals surface area contributed by atoms with Crippen molar-refractivity contribution in [2.24, 2.45) is 22.9 Å². The van der Waals surface area contributed by atoms with E-state index in [9.17, 15) is 86.3 Å². The highest BCUT2D eigenvalue weighted by Crippen LogP contribution is 2.06. The lowest BCUT2D eigenvalue weighted by atomic mass is 10.2. The van der Waals surface area contributed by atoms with Gasteiger partial charge < -0.3 is 152 Å². The molecule has 0 rings (SSSR count). The van der Waals surface area contributed by atoms with Gasteiger partial charge in [-0.15, -0.1) is 0 Å². The number of nitrogens with two attached hydrogens (primary N) is 4. The second-order valence-electron chi connectivity index (χ2n) is 27.5. The van der Waals surface area contributed by atoms with Crippen LogP contribution in [-0.4, -0.2) is 434 Å². The summed E-state index contributed by atoms with van der Waals surface area (Å²) in [5.74, 6) is -6.35. The first-order valence-electron chi connectivity index (χ1n) is 43.1. The number of hydrogen-bond acceptors (Lipinski definition) is 35. The molecule has 13 amide bonds. The van der Waals surface area contributed by atoms with Crippen LogP contribution in [-0.2, 0) is 148 Å². The van der Waals surface area contributed by atoms with Crippen molar-refractivity contribution in [2.45, 2.75) is 86.0 Å². The van der Waals surface area contributed by atoms with Crippen LogP contribution >= 0.6 is 31.9 Å². The Morgan fingerprint density at radius 1 is 0.276 bits per heavy atom. The van der Waals surface area contributed by atoms with Gasteiger partial charge in [-0.25, -0.2) is 0 Å². The van der Waals surface area contributed by atoms with Gasteiger partial charge in [0.15, 0.2) is 5.76 Å². The predicted molar refractivity (Wildman–Crippen MR) is 497 cm³/mol. The Kier molecular flexibility index (Phi) is 97.2. The first kappa shape index (κ1) is 133. The molecular formula is C84H149Br2N17O31. The molecule has 0 unspecified atom stereocenters. The molecule has 0 fully saturated rings. The molecule has 770 valence electrons. The van der Waals surface area contributed by atoms with Gasteiger partial charge in [0.05, 0.1) is 182 Å². The Bertz CT molecular complexity index is 3390. The Hall–Kier alpha value is -9.56. The number of esters is 1. The minimum Gasteiger partial charge on any atom is -0.422 e. The van der Waals surface area contributed by atoms with Gasteiger partial charge in [0.25, 0.3) is 0 Å². The summed E-state index contributed by atoms with van der Waals surface area (Å²) in [7, 11) is 4.54. The molecule has 0 saturated carbocycles. The van der Waals surface area contributed by atoms with Crippen molar-refractivity contribution in [1.29, 1.82) is 0 Å². The number of carbonyl (C=O) groups excluding carboxylic acids is 18. The smallest absolute Gasteiger partial charge is 0.312 e. The summed E-state index contributed by atoms with van der Waals surface area (Å²) >= 11 is 6.10. The van der Waals surface area contributed by atoms with E-state index in [0.717, 1.165) is 14.7 Å². The van der Waals surface area contributed by atoms with Crippen molar-refractivity contribution >= 4 is 138 Å². The summed E-state index contributed by atoms with van der Waals surface area (Å²) in [6, 6.07) is 0. The van der Waals surface area contributed by atoms with Crippen molar-refractivity contribution in [3.05, 3.63) is 35.3 Å². The molecule has 134 heavy (non-hydrogen) atoms. The van der Waals surface area contributed by atoms with Crippen molar-refractivity contribution in [3.8, 4) is 0 Å². The van der Waals surface area contributed by atoms with Gasteiger partial charge in [0.2, 0.25) is 76.8 Å². The van der Waals surface area contributed by atoms with Crippen LogP contribution in [0.3, 0.4) is 0 Å². The molecule has 0 aliphatic rings. The van der Waals surface area contributed by atoms with Gasteiger partial charge in [0, 0.05) is 160 Å². The van der Waals surface area contributed by atoms with Gasteiger partial charge in [-0.05, 0) is 51.5 Å². The number of rotatable bonds is 78. The van der Waals surface area contributed by atoms with Crippen LogP contribution in [0.25, 0.3) is 0 Å². The number of nitrogens with one attached hydrogen (secondary N) is 9. The molecule has 0 saturated heterocycles. The number of alkyl halides is 2. The van der Waals surface area contributed by atoms with E-state index in [1.165, 1.54) is 60.8 Å². The van der Waals surface area contributed by atoms with E-state index in [1.54, 1.807) is 0 Å². The van der Waals surface area contributed by atoms with Gasteiger partial charge in [0.1, 0.15) is 49.3 Å². The number of methoxy groups -OCH3 is 3. The Labute approximate surface area is 803 Å². The molecule has 50 heteroatoms. The quantitative estimate of drug-likeness (QED) is 0.00888. The SMILES string of the molecule is C=C=C=C=C=C(C)OC(=O)CCC(=O)N(CC(C)=O)CC(C)=O.COCCNC(=O)CCC(=O)N(CC(=O)NCCOCCOCCN)CC(=O)NCCOCCOCCN.COCCNC(=O)CCC(=O)N(CC(=O)NCCOCCOCCNC(=O)CBr)CC(=O)NCCOCCOCCNC(=O)CBr.COCCNC(=O)CCC(=O)N(CC(C)=O)CC(C)=O.NCCOCCN.[HH]. The van der Waals surface area contributed by atoms with E-state index in [-0.39, 0.29) is 246 Å². The van der Waals surface area contributed by atoms with Gasteiger partial charge in [-0.2, -0.15) is 0 Å². The zero-order valence-corrected chi connectivity index (χ0v) is 82.2. The molecular weight excluding hydrogens is 1900 g/mol. The lowest BCUT2D eigenvalue weighted by Crippen LogP contribution is -2.46. The molecule has 0 radical (unpaired) electrons. The van der Waals surface area contributed by atoms with Crippen LogP contribution in [0.2, 0.25) is 0 Å². The first-order valence-corrected chi connectivity index (χ1v) is 45.4. The van der Waals surface area contributed by atoms with Crippen molar-refractivity contribution in [1.82, 2.24) is 67.5 Å². The van der Waals surface area contributed by atoms with E-state index < -0.39 is 47.3 Å². The van der Waals surface area contributed by atoms with E-state index in [4.69, 9.17) is 84.5 Å². The van der Waals surface area contributed by atoms with Crippen molar-refractivity contribution in [2.75, 3.05) is 308 Å². The number of Topliss-reactive ketones (excluding diaryl/α,β-unsaturated/α-hetero) is 4. The number of hydrogen-bond donors (Lipinski definition) is 13. The van der Waals surface area contributed by atoms with E-state index in [1.807, 2.05) is 0 Å². The summed E-state index contributed by atoms with van der Waals surface area (Å²) in [4.78, 5) is 217. The monoisotopic (exact) mass is 2050 g/mol. The average molecular weight is 2050 g/mol. The highest BCUT2D eigenvalue weighted by Gasteiger charge is 2.25. The zero-order chi connectivity index (χ0) is 101. The summed E-state index contributed by atoms with van der Waals surface area (Å²) in [6.07, 6.45) is -0.872. The molecule has 48 nitrogen and oxygen atoms in total. The second kappa shape index (κ2) is 98.0. The van der Waals surface area contributed by atoms with Crippen molar-refractivity contribution in [3.63, 3.8) is 0 Å². The average Bonchev–Trinajstić information content (AvgIpc) is 0.908. The molecule has 0 aromatic carbocycles. The lowest BCUT2D eigenvalue weighted by molar-refractivity contribution is -0.143. The van der Waals surface area contributed by atoms with Crippen LogP contribution in [0.4, 0.5) is 0 Å². The van der Waals surface area contributed by atoms with E-state index in [0.29, 0.717) is 158 Å². The zero-order valence-electron chi connectivity index (χ0n) is 79.0. The van der Waals surface area contributed by atoms with Crippen LogP contribution in [0.1, 0.15) is 87.4 Å². The van der Waals surface area contributed by atoms with Crippen LogP contribution in [0.5, 0.6) is 0 Å². The van der Waals surface area contributed by atoms with E-state index >= 15 is 0 Å². The topological polar surface area (TPSA) is 653 Å². The number of halogens is 2. The maximum Gasteiger partial charge on any atom is 0.312 e. The molecule has 0 heterocycles. The molecule has 0 spiro atoms. The van der Waals surface area contributed by atoms with Gasteiger partial charge >= 0.3 is 5.97 Å². The van der Waals surface area contributed by atoms with Gasteiger partial charge in [-0.1, -0.05) is 37.6 Å². The van der Waals surface area contributed by atoms with Gasteiger partial charge in [-0.3, -0.25) is 86.3 Å². The standard InChI is InChI=1S/C27H48Br2N6O11.C23H46N6O9.C17H19NO5.C13H22N2O5.C4H12N2O.H2/c1-42-9-4-30-22(36)2-3-27(41)35(20-25(39)33-7-12-45-16-14-43-10-5-31-23(37)18-28)21-26(40)34-8-13-46-17-15-44-11-6-32-24(38)19-29;1-34-11-6-26-20(30)2-3-23(33)29(18-21(31)27-7-12-37-16-14-35-9-4-24)19-22(32)28-8-13-38-17-15-36-10-5-25;1-5-6-7-8-15(4)23-17(22)10-9-16(21)18(11-13(2)19)12-14(3)20;1-10(16)8-15(9-11(2)17)13(19)5-4-12(18)14-6-7-20-3;5-1-3-7-4-2-6;/h2-21H2,1H3,(H,30,36)(H,31,37)(H,32,38)(H,33,39)(H,34,40);2-19,24-25H2,1H3,(H,26,30)(H,27,31)(H,28,32);1,9-12H2,2-4H3;4-9H2,1-3H3,(H,14,18);1-6H2;1H. The highest BCUT2D eigenvalue weighted by atomic mass is 79.9. The molecule has 0 bridgehead atoms. The summed E-state index contributed by atoms with van der Waals surface area (Å²) in [6.45, 7) is 20.2. The number of ether oxygens (including phenoxy) is 13. The fraction of sp³-hybridized carbons (Fsp3) is 0.714. The summed E-state index contributed by atoms with van der Waals surface area (Å²) < 4.78 is 66.8. The summed E-state index contributed by atoms with van der Waals surface area (Å²) in [5, 5.41) is 24.1. The highest BCUT2D eigenvalue weighted by molar-refractivity contribution is 9.09. The maximum atomic E-state index is 12.8. The molecule has 0 aromatic heterocycles. The fourth-order valence-electron chi connectivity index (χ4n) is 9.37. The molecule has 17 N–H and O–H groups in total. The first-order chi connectivity index (χ1) is 64.2. The summed E-state index contributed by atoms with van der Waals surface area (Å²) in [5.41, 5.74) is 30.5. The minimum absolute atomic E-state index is 0. The normalized spacial score (nSPS) is 10.1. The number of ketones is 4. The third-order valence-electron chi connectivity index (χ3n) is 15.4. The van der Waals surface area contributed by atoms with E-state index in [2.05, 4.69) is 109 Å². The second-order valence-corrected chi connectivity index (χ2v) is 28.6. The van der Waals surface area contributed by atoms with Crippen LogP contribution in [0, 0.1) is 0 Å². The molecule has 0 atom stereocenters. The Morgan fingerprint density at radius 2 is 0.485 bits per heavy atom. The molecule has 0 aliphatic carbocycles. The fourth-order valence-corrected chi connectivity index (χ4v) is 9.77. The van der Waals surface area contributed by atoms with Crippen LogP contribution in [0.15, 0.2) is 35.3 Å². The number of allylic oxidation sites excluding steroid dienone is 1. The van der Waals surface area contributed by atoms with Crippen molar-refractivity contribution < 1.29 is 149 Å². The number of amides is 13. The van der Waals surface area contributed by atoms with Crippen LogP contribution < -0.4 is 70.8 Å². The lowest BCUT2D eigenvalue weighted by Gasteiger charge is -2.22. The molecule has 0 aliphatic heterocycles. The number of nitrogens with zero attached hydrogens (tertiary/aromatic N) is 4. The third kappa shape index (κ3) is 97.0. The Balaban J connectivity index is -0.000000418. The number of carbonyl (C=O) groups is 18.